The van der Waals surface area contributed by atoms with E-state index in [1.54, 1.807) is 29.3 Å². The Morgan fingerprint density at radius 2 is 2.09 bits per heavy atom. The summed E-state index contributed by atoms with van der Waals surface area (Å²) in [6.07, 6.45) is 1.59. The van der Waals surface area contributed by atoms with Crippen LogP contribution in [-0.2, 0) is 0 Å². The number of likely N-dealkylation sites (tertiary alicyclic amines) is 1. The van der Waals surface area contributed by atoms with Crippen molar-refractivity contribution in [3.05, 3.63) is 56.6 Å². The molecule has 1 amide bonds. The Morgan fingerprint density at radius 1 is 1.32 bits per heavy atom. The lowest BCUT2D eigenvalue weighted by atomic mass is 10.1. The van der Waals surface area contributed by atoms with Crippen molar-refractivity contribution >= 4 is 45.0 Å². The fourth-order valence-electron chi connectivity index (χ4n) is 2.13. The van der Waals surface area contributed by atoms with E-state index in [1.165, 1.54) is 0 Å². The van der Waals surface area contributed by atoms with Crippen LogP contribution in [0, 0.1) is 0 Å². The van der Waals surface area contributed by atoms with Gasteiger partial charge in [-0.05, 0) is 46.3 Å². The Balaban J connectivity index is 1.61. The summed E-state index contributed by atoms with van der Waals surface area (Å²) in [5.74, 6) is 0.408. The maximum absolute atomic E-state index is 12.3. The van der Waals surface area contributed by atoms with Gasteiger partial charge >= 0.3 is 0 Å². The molecule has 1 saturated heterocycles. The smallest absolute Gasteiger partial charge is 0.255 e. The minimum Gasteiger partial charge on any atom is -0.470 e. The molecule has 0 bridgehead atoms. The molecule has 1 aliphatic rings. The molecule has 22 heavy (non-hydrogen) atoms. The lowest BCUT2D eigenvalue weighted by Crippen LogP contribution is -2.56. The van der Waals surface area contributed by atoms with Gasteiger partial charge in [-0.3, -0.25) is 4.79 Å². The molecule has 0 atom stereocenters. The molecular formula is C15H11BrCl2N2O2. The van der Waals surface area contributed by atoms with E-state index in [0.29, 0.717) is 34.6 Å². The predicted octanol–water partition coefficient (Wildman–Crippen LogP) is 4.05. The number of rotatable bonds is 3. The molecule has 0 aliphatic carbocycles. The van der Waals surface area contributed by atoms with Crippen LogP contribution < -0.4 is 4.74 Å². The first-order valence-corrected chi connectivity index (χ1v) is 8.11. The molecular weight excluding hydrogens is 391 g/mol. The molecule has 1 aromatic carbocycles. The summed E-state index contributed by atoms with van der Waals surface area (Å²) >= 11 is 15.3. The van der Waals surface area contributed by atoms with Crippen LogP contribution >= 0.6 is 39.1 Å². The molecule has 114 valence electrons. The average molecular weight is 402 g/mol. The van der Waals surface area contributed by atoms with Gasteiger partial charge in [0, 0.05) is 11.2 Å². The summed E-state index contributed by atoms with van der Waals surface area (Å²) in [5, 5.41) is 0.862. The van der Waals surface area contributed by atoms with E-state index in [-0.39, 0.29) is 12.0 Å². The van der Waals surface area contributed by atoms with Crippen molar-refractivity contribution < 1.29 is 9.53 Å². The summed E-state index contributed by atoms with van der Waals surface area (Å²) < 4.78 is 6.53. The molecule has 7 heteroatoms. The van der Waals surface area contributed by atoms with E-state index in [0.717, 1.165) is 4.47 Å². The number of amides is 1. The maximum atomic E-state index is 12.3. The molecule has 4 nitrogen and oxygen atoms in total. The molecule has 0 radical (unpaired) electrons. The van der Waals surface area contributed by atoms with Gasteiger partial charge in [0.2, 0.25) is 5.88 Å². The molecule has 0 N–H and O–H groups in total. The predicted molar refractivity (Wildman–Crippen MR) is 88.7 cm³/mol. The highest BCUT2D eigenvalue weighted by molar-refractivity contribution is 9.10. The second-order valence-electron chi connectivity index (χ2n) is 4.86. The summed E-state index contributed by atoms with van der Waals surface area (Å²) in [7, 11) is 0. The largest absolute Gasteiger partial charge is 0.470 e. The normalized spacial score (nSPS) is 14.6. The molecule has 1 fully saturated rings. The van der Waals surface area contributed by atoms with E-state index < -0.39 is 0 Å². The van der Waals surface area contributed by atoms with Crippen LogP contribution in [0.3, 0.4) is 0 Å². The van der Waals surface area contributed by atoms with Crippen LogP contribution in [0.1, 0.15) is 10.4 Å². The van der Waals surface area contributed by atoms with Crippen molar-refractivity contribution in [2.24, 2.45) is 0 Å². The maximum Gasteiger partial charge on any atom is 0.255 e. The molecule has 1 aromatic heterocycles. The Labute approximate surface area is 146 Å². The van der Waals surface area contributed by atoms with E-state index in [9.17, 15) is 4.79 Å². The average Bonchev–Trinajstić information content (AvgIpc) is 2.43. The molecule has 2 aromatic rings. The van der Waals surface area contributed by atoms with Gasteiger partial charge in [-0.25, -0.2) is 4.98 Å². The number of nitrogens with zero attached hydrogens (tertiary/aromatic N) is 2. The fourth-order valence-corrected chi connectivity index (χ4v) is 2.97. The zero-order valence-electron chi connectivity index (χ0n) is 11.3. The number of ether oxygens (including phenoxy) is 1. The van der Waals surface area contributed by atoms with Crippen LogP contribution in [0.25, 0.3) is 0 Å². The molecule has 0 unspecified atom stereocenters. The van der Waals surface area contributed by atoms with E-state index in [4.69, 9.17) is 27.9 Å². The molecule has 0 spiro atoms. The van der Waals surface area contributed by atoms with Gasteiger partial charge < -0.3 is 9.64 Å². The SMILES string of the molecule is O=C(c1ccc(Cl)cc1Cl)N1CC(Oc2ncccc2Br)C1. The monoisotopic (exact) mass is 400 g/mol. The van der Waals surface area contributed by atoms with E-state index >= 15 is 0 Å². The van der Waals surface area contributed by atoms with Crippen molar-refractivity contribution in [2.75, 3.05) is 13.1 Å². The van der Waals surface area contributed by atoms with Crippen LogP contribution in [-0.4, -0.2) is 35.0 Å². The van der Waals surface area contributed by atoms with Crippen molar-refractivity contribution in [3.63, 3.8) is 0 Å². The summed E-state index contributed by atoms with van der Waals surface area (Å²) in [6, 6.07) is 8.53. The van der Waals surface area contributed by atoms with Gasteiger partial charge in [0.05, 0.1) is 28.1 Å². The summed E-state index contributed by atoms with van der Waals surface area (Å²) in [6.45, 7) is 1.00. The highest BCUT2D eigenvalue weighted by Crippen LogP contribution is 2.27. The van der Waals surface area contributed by atoms with E-state index in [1.807, 2.05) is 12.1 Å². The molecule has 1 aliphatic heterocycles. The fraction of sp³-hybridized carbons (Fsp3) is 0.200. The number of benzene rings is 1. The Morgan fingerprint density at radius 3 is 2.77 bits per heavy atom. The van der Waals surface area contributed by atoms with Crippen molar-refractivity contribution in [1.29, 1.82) is 0 Å². The Hall–Kier alpha value is -1.30. The van der Waals surface area contributed by atoms with Crippen LogP contribution in [0.4, 0.5) is 0 Å². The first-order valence-electron chi connectivity index (χ1n) is 6.56. The number of hydrogen-bond donors (Lipinski definition) is 0. The molecule has 2 heterocycles. The lowest BCUT2D eigenvalue weighted by molar-refractivity contribution is 0.0157. The zero-order valence-corrected chi connectivity index (χ0v) is 14.4. The summed E-state index contributed by atoms with van der Waals surface area (Å²) in [4.78, 5) is 18.2. The second kappa shape index (κ2) is 6.44. The third-order valence-electron chi connectivity index (χ3n) is 3.30. The Bertz CT molecular complexity index is 720. The van der Waals surface area contributed by atoms with Gasteiger partial charge in [-0.15, -0.1) is 0 Å². The zero-order chi connectivity index (χ0) is 15.7. The van der Waals surface area contributed by atoms with Crippen LogP contribution in [0.15, 0.2) is 41.0 Å². The second-order valence-corrected chi connectivity index (χ2v) is 6.56. The standard InChI is InChI=1S/C15H11BrCl2N2O2/c16-12-2-1-5-19-14(12)22-10-7-20(8-10)15(21)11-4-3-9(17)6-13(11)18/h1-6,10H,7-8H2. The number of pyridine rings is 1. The topological polar surface area (TPSA) is 42.4 Å². The highest BCUT2D eigenvalue weighted by Gasteiger charge is 2.34. The van der Waals surface area contributed by atoms with Gasteiger partial charge in [0.15, 0.2) is 0 Å². The molecule has 3 rings (SSSR count). The van der Waals surface area contributed by atoms with Gasteiger partial charge in [-0.2, -0.15) is 0 Å². The first kappa shape index (κ1) is 15.6. The number of carbonyl (C=O) groups excluding carboxylic acids is 1. The molecule has 0 saturated carbocycles. The van der Waals surface area contributed by atoms with E-state index in [2.05, 4.69) is 20.9 Å². The number of aromatic nitrogens is 1. The van der Waals surface area contributed by atoms with Gasteiger partial charge in [0.25, 0.3) is 5.91 Å². The minimum atomic E-state index is -0.124. The number of carbonyl (C=O) groups is 1. The lowest BCUT2D eigenvalue weighted by Gasteiger charge is -2.38. The van der Waals surface area contributed by atoms with Crippen molar-refractivity contribution in [1.82, 2.24) is 9.88 Å². The third kappa shape index (κ3) is 3.21. The van der Waals surface area contributed by atoms with Gasteiger partial charge in [-0.1, -0.05) is 23.2 Å². The van der Waals surface area contributed by atoms with Crippen LogP contribution in [0.5, 0.6) is 5.88 Å². The highest BCUT2D eigenvalue weighted by atomic mass is 79.9. The summed E-state index contributed by atoms with van der Waals surface area (Å²) in [5.41, 5.74) is 0.448. The Kier molecular flexibility index (Phi) is 4.57. The van der Waals surface area contributed by atoms with Crippen LogP contribution in [0.2, 0.25) is 10.0 Å². The van der Waals surface area contributed by atoms with Gasteiger partial charge in [0.1, 0.15) is 6.10 Å². The van der Waals surface area contributed by atoms with Crippen molar-refractivity contribution in [3.8, 4) is 5.88 Å². The van der Waals surface area contributed by atoms with Crippen molar-refractivity contribution in [2.45, 2.75) is 6.10 Å². The minimum absolute atomic E-state index is 0.0683. The third-order valence-corrected chi connectivity index (χ3v) is 4.45. The number of hydrogen-bond acceptors (Lipinski definition) is 3. The number of halogens is 3. The quantitative estimate of drug-likeness (QED) is 0.778. The first-order chi connectivity index (χ1) is 10.5.